The summed E-state index contributed by atoms with van der Waals surface area (Å²) in [6, 6.07) is 0. The van der Waals surface area contributed by atoms with Gasteiger partial charge in [0.1, 0.15) is 5.60 Å². The molecule has 0 aliphatic heterocycles. The van der Waals surface area contributed by atoms with E-state index in [1.165, 1.54) is 0 Å². The molecule has 0 heterocycles. The lowest BCUT2D eigenvalue weighted by molar-refractivity contribution is 0.0476. The molecule has 4 N–H and O–H groups in total. The highest BCUT2D eigenvalue weighted by molar-refractivity contribution is 5.80. The van der Waals surface area contributed by atoms with Crippen LogP contribution in [0.5, 0.6) is 0 Å². The topological polar surface area (TPSA) is 95.0 Å². The zero-order valence-corrected chi connectivity index (χ0v) is 16.7. The standard InChI is InChI=1S/C18H36N4O3/c1-7-19-14(21-13-18(24)10-8-9-11-18)20-12-17(5,6)22-15(23)25-16(2,3)4/h24H,7-13H2,1-6H3,(H,22,23)(H2,19,20,21). The van der Waals surface area contributed by atoms with Crippen molar-refractivity contribution in [1.82, 2.24) is 16.0 Å². The van der Waals surface area contributed by atoms with E-state index >= 15 is 0 Å². The van der Waals surface area contributed by atoms with Crippen LogP contribution in [0.3, 0.4) is 0 Å². The van der Waals surface area contributed by atoms with Crippen molar-refractivity contribution in [3.8, 4) is 0 Å². The second-order valence-electron chi connectivity index (χ2n) is 8.49. The molecule has 0 aromatic carbocycles. The van der Waals surface area contributed by atoms with Crippen molar-refractivity contribution < 1.29 is 14.6 Å². The molecule has 0 atom stereocenters. The number of aliphatic imine (C=N–C) groups is 1. The summed E-state index contributed by atoms with van der Waals surface area (Å²) in [4.78, 5) is 16.5. The van der Waals surface area contributed by atoms with Crippen molar-refractivity contribution >= 4 is 12.1 Å². The maximum Gasteiger partial charge on any atom is 0.408 e. The summed E-state index contributed by atoms with van der Waals surface area (Å²) < 4.78 is 5.29. The molecule has 1 rings (SSSR count). The van der Waals surface area contributed by atoms with Gasteiger partial charge in [-0.25, -0.2) is 4.79 Å². The van der Waals surface area contributed by atoms with Crippen LogP contribution in [0.25, 0.3) is 0 Å². The Morgan fingerprint density at radius 1 is 1.16 bits per heavy atom. The summed E-state index contributed by atoms with van der Waals surface area (Å²) in [5, 5.41) is 19.7. The molecule has 1 aliphatic rings. The summed E-state index contributed by atoms with van der Waals surface area (Å²) in [6.45, 7) is 12.9. The molecular formula is C18H36N4O3. The predicted molar refractivity (Wildman–Crippen MR) is 101 cm³/mol. The van der Waals surface area contributed by atoms with Gasteiger partial charge in [-0.05, 0) is 54.4 Å². The van der Waals surface area contributed by atoms with Gasteiger partial charge >= 0.3 is 6.09 Å². The third kappa shape index (κ3) is 8.95. The molecule has 0 aromatic heterocycles. The van der Waals surface area contributed by atoms with Gasteiger partial charge in [-0.2, -0.15) is 0 Å². The van der Waals surface area contributed by atoms with Crippen LogP contribution in [-0.4, -0.2) is 53.5 Å². The van der Waals surface area contributed by atoms with E-state index in [0.717, 1.165) is 32.2 Å². The number of guanidine groups is 1. The number of hydrogen-bond acceptors (Lipinski definition) is 4. The molecule has 7 nitrogen and oxygen atoms in total. The van der Waals surface area contributed by atoms with Gasteiger partial charge in [0.2, 0.25) is 0 Å². The highest BCUT2D eigenvalue weighted by atomic mass is 16.6. The fourth-order valence-electron chi connectivity index (χ4n) is 2.70. The summed E-state index contributed by atoms with van der Waals surface area (Å²) in [5.74, 6) is 0.641. The molecule has 0 bridgehead atoms. The van der Waals surface area contributed by atoms with Gasteiger partial charge in [0.05, 0.1) is 17.7 Å². The first-order valence-corrected chi connectivity index (χ1v) is 9.20. The summed E-state index contributed by atoms with van der Waals surface area (Å²) in [6.07, 6.45) is 3.33. The van der Waals surface area contributed by atoms with Crippen LogP contribution in [0.2, 0.25) is 0 Å². The molecule has 0 unspecified atom stereocenters. The smallest absolute Gasteiger partial charge is 0.408 e. The van der Waals surface area contributed by atoms with Crippen LogP contribution in [0.15, 0.2) is 4.99 Å². The van der Waals surface area contributed by atoms with Crippen LogP contribution in [0.1, 0.15) is 67.2 Å². The van der Waals surface area contributed by atoms with Crippen LogP contribution < -0.4 is 16.0 Å². The molecular weight excluding hydrogens is 320 g/mol. The molecule has 0 radical (unpaired) electrons. The number of alkyl carbamates (subject to hydrolysis) is 1. The van der Waals surface area contributed by atoms with Crippen molar-refractivity contribution in [2.24, 2.45) is 4.99 Å². The minimum Gasteiger partial charge on any atom is -0.444 e. The molecule has 146 valence electrons. The van der Waals surface area contributed by atoms with E-state index in [4.69, 9.17) is 4.74 Å². The number of nitrogens with one attached hydrogen (secondary N) is 3. The van der Waals surface area contributed by atoms with E-state index in [0.29, 0.717) is 19.0 Å². The third-order valence-electron chi connectivity index (χ3n) is 3.94. The molecule has 0 spiro atoms. The van der Waals surface area contributed by atoms with E-state index < -0.39 is 22.8 Å². The van der Waals surface area contributed by atoms with Gasteiger partial charge in [0.15, 0.2) is 5.96 Å². The second kappa shape index (κ2) is 8.74. The number of nitrogens with zero attached hydrogens (tertiary/aromatic N) is 1. The van der Waals surface area contributed by atoms with E-state index in [-0.39, 0.29) is 0 Å². The van der Waals surface area contributed by atoms with Gasteiger partial charge in [-0.3, -0.25) is 4.99 Å². The van der Waals surface area contributed by atoms with Crippen molar-refractivity contribution in [1.29, 1.82) is 0 Å². The minimum absolute atomic E-state index is 0.389. The van der Waals surface area contributed by atoms with E-state index in [1.54, 1.807) is 0 Å². The maximum atomic E-state index is 11.9. The lowest BCUT2D eigenvalue weighted by atomic mass is 10.0. The molecule has 7 heteroatoms. The highest BCUT2D eigenvalue weighted by Gasteiger charge is 2.31. The Hall–Kier alpha value is -1.50. The number of hydrogen-bond donors (Lipinski definition) is 4. The van der Waals surface area contributed by atoms with Crippen LogP contribution in [0.4, 0.5) is 4.79 Å². The Morgan fingerprint density at radius 3 is 2.28 bits per heavy atom. The first kappa shape index (κ1) is 21.5. The quantitative estimate of drug-likeness (QED) is 0.432. The lowest BCUT2D eigenvalue weighted by Gasteiger charge is -2.28. The minimum atomic E-state index is -0.638. The molecule has 0 aromatic rings. The number of carbonyl (C=O) groups is 1. The Bertz CT molecular complexity index is 463. The average Bonchev–Trinajstić information content (AvgIpc) is 2.86. The number of rotatable bonds is 6. The monoisotopic (exact) mass is 356 g/mol. The Morgan fingerprint density at radius 2 is 1.76 bits per heavy atom. The molecule has 1 saturated carbocycles. The van der Waals surface area contributed by atoms with Crippen molar-refractivity contribution in [2.45, 2.75) is 84.0 Å². The molecule has 0 saturated heterocycles. The molecule has 1 amide bonds. The maximum absolute atomic E-state index is 11.9. The Kier molecular flexibility index (Phi) is 7.53. The molecule has 25 heavy (non-hydrogen) atoms. The summed E-state index contributed by atoms with van der Waals surface area (Å²) in [5.41, 5.74) is -1.72. The Balaban J connectivity index is 2.57. The fourth-order valence-corrected chi connectivity index (χ4v) is 2.70. The fraction of sp³-hybridized carbons (Fsp3) is 0.889. The normalized spacial score (nSPS) is 18.0. The van der Waals surface area contributed by atoms with E-state index in [9.17, 15) is 9.90 Å². The largest absolute Gasteiger partial charge is 0.444 e. The predicted octanol–water partition coefficient (Wildman–Crippen LogP) is 2.15. The SMILES string of the molecule is CCNC(=NCC(C)(C)NC(=O)OC(C)(C)C)NCC1(O)CCCC1. The van der Waals surface area contributed by atoms with Gasteiger partial charge in [0.25, 0.3) is 0 Å². The van der Waals surface area contributed by atoms with Gasteiger partial charge in [0, 0.05) is 13.1 Å². The van der Waals surface area contributed by atoms with Gasteiger partial charge in [-0.1, -0.05) is 12.8 Å². The van der Waals surface area contributed by atoms with Gasteiger partial charge < -0.3 is 25.8 Å². The zero-order chi connectivity index (χ0) is 19.1. The zero-order valence-electron chi connectivity index (χ0n) is 16.7. The molecule has 1 aliphatic carbocycles. The third-order valence-corrected chi connectivity index (χ3v) is 3.94. The van der Waals surface area contributed by atoms with Gasteiger partial charge in [-0.15, -0.1) is 0 Å². The van der Waals surface area contributed by atoms with E-state index in [2.05, 4.69) is 20.9 Å². The van der Waals surface area contributed by atoms with Crippen molar-refractivity contribution in [3.63, 3.8) is 0 Å². The lowest BCUT2D eigenvalue weighted by Crippen LogP contribution is -2.50. The van der Waals surface area contributed by atoms with Crippen LogP contribution >= 0.6 is 0 Å². The van der Waals surface area contributed by atoms with Crippen molar-refractivity contribution in [3.05, 3.63) is 0 Å². The average molecular weight is 357 g/mol. The van der Waals surface area contributed by atoms with E-state index in [1.807, 2.05) is 41.5 Å². The number of aliphatic hydroxyl groups is 1. The van der Waals surface area contributed by atoms with Crippen LogP contribution in [-0.2, 0) is 4.74 Å². The Labute approximate surface area is 152 Å². The number of carbonyl (C=O) groups excluding carboxylic acids is 1. The highest BCUT2D eigenvalue weighted by Crippen LogP contribution is 2.28. The second-order valence-corrected chi connectivity index (χ2v) is 8.49. The summed E-state index contributed by atoms with van der Waals surface area (Å²) in [7, 11) is 0. The number of amides is 1. The number of ether oxygens (including phenoxy) is 1. The molecule has 1 fully saturated rings. The first-order valence-electron chi connectivity index (χ1n) is 9.20. The summed E-state index contributed by atoms with van der Waals surface area (Å²) >= 11 is 0. The first-order chi connectivity index (χ1) is 11.4. The van der Waals surface area contributed by atoms with Crippen molar-refractivity contribution in [2.75, 3.05) is 19.6 Å². The van der Waals surface area contributed by atoms with Crippen LogP contribution in [0, 0.1) is 0 Å².